The maximum atomic E-state index is 13.0. The summed E-state index contributed by atoms with van der Waals surface area (Å²) in [5.74, 6) is 0.0476. The third-order valence-corrected chi connectivity index (χ3v) is 1.84. The molecule has 4 heteroatoms. The van der Waals surface area contributed by atoms with Crippen molar-refractivity contribution in [2.75, 3.05) is 13.2 Å². The zero-order valence-electron chi connectivity index (χ0n) is 6.87. The molecule has 2 rings (SSSR count). The fourth-order valence-corrected chi connectivity index (χ4v) is 1.20. The zero-order valence-corrected chi connectivity index (χ0v) is 6.87. The van der Waals surface area contributed by atoms with E-state index in [0.717, 1.165) is 0 Å². The van der Waals surface area contributed by atoms with Crippen LogP contribution in [0.3, 0.4) is 0 Å². The molecule has 1 heterocycles. The molecule has 1 aliphatic heterocycles. The van der Waals surface area contributed by atoms with Crippen molar-refractivity contribution in [3.8, 4) is 11.5 Å². The van der Waals surface area contributed by atoms with Crippen LogP contribution < -0.4 is 9.47 Å². The highest BCUT2D eigenvalue weighted by molar-refractivity contribution is 5.42. The summed E-state index contributed by atoms with van der Waals surface area (Å²) in [4.78, 5) is 0. The molecule has 1 aliphatic rings. The standard InChI is InChI=1S/C9H9FO3/c10-7-2-1-3-8-9(7)12-5-6(4-11)13-8/h1-3,6,11H,4-5H2. The highest BCUT2D eigenvalue weighted by Crippen LogP contribution is 2.33. The predicted molar refractivity (Wildman–Crippen MR) is 43.4 cm³/mol. The fourth-order valence-electron chi connectivity index (χ4n) is 1.20. The van der Waals surface area contributed by atoms with E-state index in [1.165, 1.54) is 12.1 Å². The van der Waals surface area contributed by atoms with Gasteiger partial charge >= 0.3 is 0 Å². The molecule has 1 atom stereocenters. The quantitative estimate of drug-likeness (QED) is 0.706. The monoisotopic (exact) mass is 184 g/mol. The molecule has 0 saturated heterocycles. The van der Waals surface area contributed by atoms with Gasteiger partial charge in [0.25, 0.3) is 0 Å². The minimum Gasteiger partial charge on any atom is -0.483 e. The van der Waals surface area contributed by atoms with Crippen LogP contribution in [-0.2, 0) is 0 Å². The van der Waals surface area contributed by atoms with E-state index >= 15 is 0 Å². The van der Waals surface area contributed by atoms with Gasteiger partial charge in [-0.05, 0) is 12.1 Å². The first kappa shape index (κ1) is 8.31. The molecule has 0 saturated carbocycles. The van der Waals surface area contributed by atoms with Gasteiger partial charge in [-0.3, -0.25) is 0 Å². The number of hydrogen-bond donors (Lipinski definition) is 1. The Bertz CT molecular complexity index is 314. The number of para-hydroxylation sites is 1. The Morgan fingerprint density at radius 2 is 2.38 bits per heavy atom. The first-order valence-electron chi connectivity index (χ1n) is 4.00. The third-order valence-electron chi connectivity index (χ3n) is 1.84. The summed E-state index contributed by atoms with van der Waals surface area (Å²) in [6, 6.07) is 4.46. The molecule has 1 unspecified atom stereocenters. The summed E-state index contributed by atoms with van der Waals surface area (Å²) in [5.41, 5.74) is 0. The van der Waals surface area contributed by atoms with Crippen molar-refractivity contribution in [2.24, 2.45) is 0 Å². The first-order valence-corrected chi connectivity index (χ1v) is 4.00. The second-order valence-electron chi connectivity index (χ2n) is 2.80. The van der Waals surface area contributed by atoms with Gasteiger partial charge in [-0.25, -0.2) is 4.39 Å². The molecule has 0 amide bonds. The zero-order chi connectivity index (χ0) is 9.26. The van der Waals surface area contributed by atoms with Crippen LogP contribution in [0.4, 0.5) is 4.39 Å². The minimum atomic E-state index is -0.436. The highest BCUT2D eigenvalue weighted by atomic mass is 19.1. The van der Waals surface area contributed by atoms with Crippen molar-refractivity contribution in [2.45, 2.75) is 6.10 Å². The Kier molecular flexibility index (Phi) is 2.06. The van der Waals surface area contributed by atoms with Crippen molar-refractivity contribution in [3.63, 3.8) is 0 Å². The lowest BCUT2D eigenvalue weighted by atomic mass is 10.2. The average molecular weight is 184 g/mol. The van der Waals surface area contributed by atoms with Crippen molar-refractivity contribution < 1.29 is 19.0 Å². The molecule has 13 heavy (non-hydrogen) atoms. The third kappa shape index (κ3) is 1.45. The lowest BCUT2D eigenvalue weighted by molar-refractivity contribution is 0.0429. The van der Waals surface area contributed by atoms with E-state index < -0.39 is 11.9 Å². The number of aliphatic hydroxyl groups excluding tert-OH is 1. The van der Waals surface area contributed by atoms with Crippen LogP contribution >= 0.6 is 0 Å². The second kappa shape index (κ2) is 3.22. The van der Waals surface area contributed by atoms with Crippen LogP contribution in [0.1, 0.15) is 0 Å². The maximum Gasteiger partial charge on any atom is 0.197 e. The molecular formula is C9H9FO3. The lowest BCUT2D eigenvalue weighted by Crippen LogP contribution is -2.32. The van der Waals surface area contributed by atoms with Gasteiger partial charge in [0.2, 0.25) is 0 Å². The van der Waals surface area contributed by atoms with Gasteiger partial charge in [0.15, 0.2) is 23.4 Å². The van der Waals surface area contributed by atoms with E-state index in [0.29, 0.717) is 5.75 Å². The van der Waals surface area contributed by atoms with E-state index in [-0.39, 0.29) is 19.0 Å². The van der Waals surface area contributed by atoms with E-state index in [4.69, 9.17) is 14.6 Å². The van der Waals surface area contributed by atoms with Gasteiger partial charge in [0.05, 0.1) is 6.61 Å². The van der Waals surface area contributed by atoms with Crippen LogP contribution in [0.25, 0.3) is 0 Å². The highest BCUT2D eigenvalue weighted by Gasteiger charge is 2.22. The summed E-state index contributed by atoms with van der Waals surface area (Å²) < 4.78 is 23.4. The predicted octanol–water partition coefficient (Wildman–Crippen LogP) is 0.958. The van der Waals surface area contributed by atoms with E-state index in [2.05, 4.69) is 0 Å². The van der Waals surface area contributed by atoms with Gasteiger partial charge in [-0.2, -0.15) is 0 Å². The van der Waals surface area contributed by atoms with E-state index in [9.17, 15) is 4.39 Å². The Labute approximate surface area is 74.7 Å². The van der Waals surface area contributed by atoms with Crippen LogP contribution in [0.2, 0.25) is 0 Å². The molecule has 0 bridgehead atoms. The number of benzene rings is 1. The largest absolute Gasteiger partial charge is 0.483 e. The number of aliphatic hydroxyl groups is 1. The second-order valence-corrected chi connectivity index (χ2v) is 2.80. The number of halogens is 1. The summed E-state index contributed by atoms with van der Waals surface area (Å²) in [7, 11) is 0. The molecule has 0 aromatic heterocycles. The average Bonchev–Trinajstić information content (AvgIpc) is 2.18. The van der Waals surface area contributed by atoms with Gasteiger partial charge < -0.3 is 14.6 Å². The Morgan fingerprint density at radius 1 is 1.54 bits per heavy atom. The van der Waals surface area contributed by atoms with Crippen LogP contribution in [0, 0.1) is 5.82 Å². The molecule has 1 aromatic carbocycles. The van der Waals surface area contributed by atoms with Gasteiger partial charge in [-0.1, -0.05) is 6.07 Å². The van der Waals surface area contributed by atoms with Crippen molar-refractivity contribution in [3.05, 3.63) is 24.0 Å². The smallest absolute Gasteiger partial charge is 0.197 e. The molecule has 0 fully saturated rings. The molecule has 0 radical (unpaired) electrons. The fraction of sp³-hybridized carbons (Fsp3) is 0.333. The van der Waals surface area contributed by atoms with Crippen LogP contribution in [-0.4, -0.2) is 24.4 Å². The molecule has 0 spiro atoms. The van der Waals surface area contributed by atoms with Gasteiger partial charge in [-0.15, -0.1) is 0 Å². The Hall–Kier alpha value is -1.29. The normalized spacial score (nSPS) is 20.0. The van der Waals surface area contributed by atoms with E-state index in [1.54, 1.807) is 6.07 Å². The topological polar surface area (TPSA) is 38.7 Å². The Balaban J connectivity index is 2.31. The summed E-state index contributed by atoms with van der Waals surface area (Å²) in [5, 5.41) is 8.79. The van der Waals surface area contributed by atoms with Crippen molar-refractivity contribution in [1.29, 1.82) is 0 Å². The van der Waals surface area contributed by atoms with Crippen molar-refractivity contribution >= 4 is 0 Å². The number of ether oxygens (including phenoxy) is 2. The molecule has 0 aliphatic carbocycles. The molecule has 3 nitrogen and oxygen atoms in total. The summed E-state index contributed by atoms with van der Waals surface area (Å²) >= 11 is 0. The maximum absolute atomic E-state index is 13.0. The number of rotatable bonds is 1. The Morgan fingerprint density at radius 3 is 3.15 bits per heavy atom. The molecular weight excluding hydrogens is 175 g/mol. The SMILES string of the molecule is OCC1COc2c(F)cccc2O1. The first-order chi connectivity index (χ1) is 6.31. The summed E-state index contributed by atoms with van der Waals surface area (Å²) in [6.07, 6.45) is -0.394. The van der Waals surface area contributed by atoms with Gasteiger partial charge in [0.1, 0.15) is 6.61 Å². The molecule has 70 valence electrons. The van der Waals surface area contributed by atoms with E-state index in [1.807, 2.05) is 0 Å². The minimum absolute atomic E-state index is 0.129. The lowest BCUT2D eigenvalue weighted by Gasteiger charge is -2.25. The molecule has 1 aromatic rings. The van der Waals surface area contributed by atoms with Crippen molar-refractivity contribution in [1.82, 2.24) is 0 Å². The number of hydrogen-bond acceptors (Lipinski definition) is 3. The molecule has 1 N–H and O–H groups in total. The summed E-state index contributed by atoms with van der Waals surface area (Å²) in [6.45, 7) is 0.0559. The number of fused-ring (bicyclic) bond motifs is 1. The van der Waals surface area contributed by atoms with Crippen LogP contribution in [0.5, 0.6) is 11.5 Å². The van der Waals surface area contributed by atoms with Crippen LogP contribution in [0.15, 0.2) is 18.2 Å². The van der Waals surface area contributed by atoms with Gasteiger partial charge in [0, 0.05) is 0 Å².